The average molecular weight is 213 g/mol. The first-order valence-electron chi connectivity index (χ1n) is 6.38. The monoisotopic (exact) mass is 213 g/mol. The second-order valence-corrected chi connectivity index (χ2v) is 4.65. The summed E-state index contributed by atoms with van der Waals surface area (Å²) in [7, 11) is 0. The minimum atomic E-state index is 0.371. The van der Waals surface area contributed by atoms with Crippen LogP contribution >= 0.6 is 0 Å². The van der Waals surface area contributed by atoms with E-state index in [1.165, 1.54) is 32.1 Å². The van der Waals surface area contributed by atoms with Crippen LogP contribution < -0.4 is 5.32 Å². The SMILES string of the molecule is C(CNC1CC1)COCC1CCCCO1. The van der Waals surface area contributed by atoms with Gasteiger partial charge in [0.1, 0.15) is 0 Å². The van der Waals surface area contributed by atoms with Crippen LogP contribution in [0, 0.1) is 0 Å². The molecule has 0 bridgehead atoms. The van der Waals surface area contributed by atoms with Gasteiger partial charge in [0.05, 0.1) is 12.7 Å². The molecule has 1 atom stereocenters. The molecule has 88 valence electrons. The zero-order valence-electron chi connectivity index (χ0n) is 9.54. The Morgan fingerprint density at radius 1 is 1.20 bits per heavy atom. The Bertz CT molecular complexity index is 165. The van der Waals surface area contributed by atoms with Crippen molar-refractivity contribution in [3.63, 3.8) is 0 Å². The van der Waals surface area contributed by atoms with Crippen molar-refractivity contribution in [2.45, 2.75) is 50.7 Å². The van der Waals surface area contributed by atoms with Crippen molar-refractivity contribution in [1.29, 1.82) is 0 Å². The first kappa shape index (κ1) is 11.4. The highest BCUT2D eigenvalue weighted by molar-refractivity contribution is 4.80. The quantitative estimate of drug-likeness (QED) is 0.653. The Hall–Kier alpha value is -0.120. The lowest BCUT2D eigenvalue weighted by molar-refractivity contribution is -0.0408. The maximum Gasteiger partial charge on any atom is 0.0808 e. The summed E-state index contributed by atoms with van der Waals surface area (Å²) < 4.78 is 11.2. The van der Waals surface area contributed by atoms with Gasteiger partial charge in [-0.3, -0.25) is 0 Å². The molecule has 0 aromatic rings. The van der Waals surface area contributed by atoms with Crippen LogP contribution in [0.3, 0.4) is 0 Å². The van der Waals surface area contributed by atoms with E-state index in [1.807, 2.05) is 0 Å². The van der Waals surface area contributed by atoms with Crippen molar-refractivity contribution in [1.82, 2.24) is 5.32 Å². The molecule has 1 aliphatic carbocycles. The molecule has 1 saturated carbocycles. The summed E-state index contributed by atoms with van der Waals surface area (Å²) in [5.41, 5.74) is 0. The first-order valence-corrected chi connectivity index (χ1v) is 6.38. The highest BCUT2D eigenvalue weighted by atomic mass is 16.5. The Morgan fingerprint density at radius 3 is 2.87 bits per heavy atom. The molecule has 1 heterocycles. The number of nitrogens with one attached hydrogen (secondary N) is 1. The molecule has 1 saturated heterocycles. The van der Waals surface area contributed by atoms with Crippen LogP contribution in [0.15, 0.2) is 0 Å². The van der Waals surface area contributed by atoms with Gasteiger partial charge in [0.2, 0.25) is 0 Å². The summed E-state index contributed by atoms with van der Waals surface area (Å²) in [5.74, 6) is 0. The Morgan fingerprint density at radius 2 is 2.13 bits per heavy atom. The summed E-state index contributed by atoms with van der Waals surface area (Å²) in [4.78, 5) is 0. The maximum absolute atomic E-state index is 5.61. The van der Waals surface area contributed by atoms with E-state index in [2.05, 4.69) is 5.32 Å². The molecule has 1 aliphatic heterocycles. The van der Waals surface area contributed by atoms with Crippen LogP contribution in [0.4, 0.5) is 0 Å². The van der Waals surface area contributed by atoms with Crippen molar-refractivity contribution in [2.24, 2.45) is 0 Å². The number of hydrogen-bond donors (Lipinski definition) is 1. The van der Waals surface area contributed by atoms with Gasteiger partial charge >= 0.3 is 0 Å². The highest BCUT2D eigenvalue weighted by Crippen LogP contribution is 2.18. The van der Waals surface area contributed by atoms with Gasteiger partial charge < -0.3 is 14.8 Å². The van der Waals surface area contributed by atoms with Crippen molar-refractivity contribution in [3.8, 4) is 0 Å². The fourth-order valence-corrected chi connectivity index (χ4v) is 1.92. The van der Waals surface area contributed by atoms with Crippen molar-refractivity contribution in [2.75, 3.05) is 26.4 Å². The summed E-state index contributed by atoms with van der Waals surface area (Å²) in [6, 6.07) is 0.826. The number of hydrogen-bond acceptors (Lipinski definition) is 3. The Balaban J connectivity index is 1.37. The molecule has 0 aromatic heterocycles. The Labute approximate surface area is 92.5 Å². The van der Waals surface area contributed by atoms with Gasteiger partial charge in [-0.2, -0.15) is 0 Å². The lowest BCUT2D eigenvalue weighted by atomic mass is 10.1. The molecule has 3 nitrogen and oxygen atoms in total. The van der Waals surface area contributed by atoms with Crippen molar-refractivity contribution >= 4 is 0 Å². The normalized spacial score (nSPS) is 26.8. The molecule has 2 rings (SSSR count). The lowest BCUT2D eigenvalue weighted by Crippen LogP contribution is -2.25. The van der Waals surface area contributed by atoms with Gasteiger partial charge in [-0.15, -0.1) is 0 Å². The molecule has 15 heavy (non-hydrogen) atoms. The van der Waals surface area contributed by atoms with E-state index >= 15 is 0 Å². The minimum absolute atomic E-state index is 0.371. The zero-order chi connectivity index (χ0) is 10.3. The van der Waals surface area contributed by atoms with Crippen LogP contribution in [-0.2, 0) is 9.47 Å². The van der Waals surface area contributed by atoms with E-state index in [-0.39, 0.29) is 0 Å². The second-order valence-electron chi connectivity index (χ2n) is 4.65. The first-order chi connectivity index (χ1) is 7.45. The maximum atomic E-state index is 5.61. The van der Waals surface area contributed by atoms with Gasteiger partial charge in [-0.1, -0.05) is 0 Å². The fourth-order valence-electron chi connectivity index (χ4n) is 1.92. The van der Waals surface area contributed by atoms with Crippen molar-refractivity contribution in [3.05, 3.63) is 0 Å². The van der Waals surface area contributed by atoms with E-state index in [9.17, 15) is 0 Å². The number of ether oxygens (including phenoxy) is 2. The van der Waals surface area contributed by atoms with Crippen LogP contribution in [-0.4, -0.2) is 38.5 Å². The summed E-state index contributed by atoms with van der Waals surface area (Å²) in [5, 5.41) is 3.48. The van der Waals surface area contributed by atoms with Gasteiger partial charge in [0.25, 0.3) is 0 Å². The molecule has 0 radical (unpaired) electrons. The van der Waals surface area contributed by atoms with E-state index in [0.29, 0.717) is 6.10 Å². The topological polar surface area (TPSA) is 30.5 Å². The van der Waals surface area contributed by atoms with E-state index in [4.69, 9.17) is 9.47 Å². The molecule has 1 N–H and O–H groups in total. The molecule has 0 amide bonds. The predicted octanol–water partition coefficient (Wildman–Crippen LogP) is 1.71. The number of rotatable bonds is 7. The van der Waals surface area contributed by atoms with Gasteiger partial charge in [-0.05, 0) is 45.1 Å². The summed E-state index contributed by atoms with van der Waals surface area (Å²) in [6.45, 7) is 3.70. The smallest absolute Gasteiger partial charge is 0.0808 e. The van der Waals surface area contributed by atoms with Crippen LogP contribution in [0.25, 0.3) is 0 Å². The van der Waals surface area contributed by atoms with Crippen LogP contribution in [0.1, 0.15) is 38.5 Å². The molecule has 0 spiro atoms. The molecule has 2 fully saturated rings. The fraction of sp³-hybridized carbons (Fsp3) is 1.00. The van der Waals surface area contributed by atoms with E-state index in [1.54, 1.807) is 0 Å². The molecule has 0 aromatic carbocycles. The van der Waals surface area contributed by atoms with Gasteiger partial charge in [0, 0.05) is 19.3 Å². The molecule has 3 heteroatoms. The third kappa shape index (κ3) is 4.96. The van der Waals surface area contributed by atoms with Crippen molar-refractivity contribution < 1.29 is 9.47 Å². The molecular formula is C12H23NO2. The minimum Gasteiger partial charge on any atom is -0.379 e. The molecular weight excluding hydrogens is 190 g/mol. The zero-order valence-corrected chi connectivity index (χ0v) is 9.54. The third-order valence-electron chi connectivity index (χ3n) is 3.05. The predicted molar refractivity (Wildman–Crippen MR) is 60.1 cm³/mol. The molecule has 2 aliphatic rings. The standard InChI is InChI=1S/C12H23NO2/c1-2-9-15-12(4-1)10-14-8-3-7-13-11-5-6-11/h11-13H,1-10H2. The van der Waals surface area contributed by atoms with E-state index < -0.39 is 0 Å². The van der Waals surface area contributed by atoms with Crippen LogP contribution in [0.5, 0.6) is 0 Å². The summed E-state index contributed by atoms with van der Waals surface area (Å²) >= 11 is 0. The second kappa shape index (κ2) is 6.46. The van der Waals surface area contributed by atoms with E-state index in [0.717, 1.165) is 38.8 Å². The molecule has 1 unspecified atom stereocenters. The Kier molecular flexibility index (Phi) is 4.90. The third-order valence-corrected chi connectivity index (χ3v) is 3.05. The highest BCUT2D eigenvalue weighted by Gasteiger charge is 2.19. The average Bonchev–Trinajstić information content (AvgIpc) is 3.09. The summed E-state index contributed by atoms with van der Waals surface area (Å²) in [6.07, 6.45) is 7.95. The largest absolute Gasteiger partial charge is 0.379 e. The lowest BCUT2D eigenvalue weighted by Gasteiger charge is -2.22. The van der Waals surface area contributed by atoms with Crippen LogP contribution in [0.2, 0.25) is 0 Å². The van der Waals surface area contributed by atoms with Gasteiger partial charge in [-0.25, -0.2) is 0 Å². The van der Waals surface area contributed by atoms with Gasteiger partial charge in [0.15, 0.2) is 0 Å².